The van der Waals surface area contributed by atoms with Gasteiger partial charge in [-0.3, -0.25) is 0 Å². The first-order chi connectivity index (χ1) is 3.13. The molecule has 0 aromatic carbocycles. The van der Waals surface area contributed by atoms with Crippen LogP contribution in [0, 0.1) is 0 Å². The molecule has 0 aromatic rings. The van der Waals surface area contributed by atoms with Crippen LogP contribution in [0.2, 0.25) is 0 Å². The van der Waals surface area contributed by atoms with Crippen LogP contribution in [0.1, 0.15) is 0 Å². The zero-order chi connectivity index (χ0) is 5.86. The molecule has 0 bridgehead atoms. The molecule has 0 aliphatic rings. The van der Waals surface area contributed by atoms with E-state index in [2.05, 4.69) is 2.80 Å². The van der Waals surface area contributed by atoms with E-state index in [1.807, 2.05) is 0 Å². The Hall–Kier alpha value is 2.19. The third kappa shape index (κ3) is 8.19. The summed E-state index contributed by atoms with van der Waals surface area (Å²) < 4.78 is 2.65. The van der Waals surface area contributed by atoms with Crippen molar-refractivity contribution in [3.8, 4) is 0 Å². The van der Waals surface area contributed by atoms with Gasteiger partial charge < -0.3 is 0 Å². The molecule has 0 heterocycles. The van der Waals surface area contributed by atoms with Crippen LogP contribution in [0.25, 0.3) is 0 Å². The fraction of sp³-hybridized carbons (Fsp3) is 0. The van der Waals surface area contributed by atoms with E-state index in [1.54, 1.807) is 0 Å². The first kappa shape index (κ1) is 9.19. The molecule has 48 valence electrons. The maximum absolute atomic E-state index is 5.34. The van der Waals surface area contributed by atoms with Crippen LogP contribution in [-0.4, -0.2) is 2.80 Å². The van der Waals surface area contributed by atoms with Crippen LogP contribution >= 0.6 is 38.8 Å². The Morgan fingerprint density at radius 2 is 1.14 bits per heavy atom. The molecule has 0 N–H and O–H groups in total. The number of rotatable bonds is 0. The van der Waals surface area contributed by atoms with Gasteiger partial charge in [0, 0.05) is 0 Å². The topological polar surface area (TPSA) is 0 Å². The standard InChI is InChI=1S/C.4ClH.2Ru/h;4*1H;;/q;;;;;2*+2/p-4. The summed E-state index contributed by atoms with van der Waals surface area (Å²) in [4.78, 5) is 0. The van der Waals surface area contributed by atoms with E-state index in [4.69, 9.17) is 38.8 Å². The molecule has 7 heavy (non-hydrogen) atoms. The van der Waals surface area contributed by atoms with Crippen LogP contribution in [0.5, 0.6) is 0 Å². The second-order valence-electron chi connectivity index (χ2n) is 0.431. The Morgan fingerprint density at radius 1 is 0.857 bits per heavy atom. The number of hydrogen-bond donors (Lipinski definition) is 0. The van der Waals surface area contributed by atoms with Crippen molar-refractivity contribution in [3.63, 3.8) is 0 Å². The van der Waals surface area contributed by atoms with Gasteiger partial charge in [0.25, 0.3) is 0 Å². The van der Waals surface area contributed by atoms with Crippen LogP contribution < -0.4 is 0 Å². The van der Waals surface area contributed by atoms with Gasteiger partial charge in [-0.25, -0.2) is 0 Å². The van der Waals surface area contributed by atoms with Gasteiger partial charge >= 0.3 is 68.6 Å². The van der Waals surface area contributed by atoms with E-state index in [-0.39, 0.29) is 0 Å². The van der Waals surface area contributed by atoms with E-state index in [0.717, 1.165) is 0 Å². The SMILES string of the molecule is [Cl][Ru]([Cl])=[C]=[Ru]([Cl])[Cl]. The molecule has 0 aliphatic carbocycles. The van der Waals surface area contributed by atoms with Crippen molar-refractivity contribution in [3.05, 3.63) is 0 Å². The van der Waals surface area contributed by atoms with Crippen molar-refractivity contribution in [2.45, 2.75) is 0 Å². The Balaban J connectivity index is 4.13. The van der Waals surface area contributed by atoms with Gasteiger partial charge in [-0.2, -0.15) is 0 Å². The number of hydrogen-bond acceptors (Lipinski definition) is 0. The van der Waals surface area contributed by atoms with Gasteiger partial charge in [0.15, 0.2) is 0 Å². The predicted molar refractivity (Wildman–Crippen MR) is 28.4 cm³/mol. The molecule has 0 spiro atoms. The molecule has 0 saturated carbocycles. The molecule has 0 atom stereocenters. The second-order valence-corrected chi connectivity index (χ2v) is 12.3. The summed E-state index contributed by atoms with van der Waals surface area (Å²) in [5.41, 5.74) is 0. The minimum absolute atomic E-state index is 1.77. The fourth-order valence-corrected chi connectivity index (χ4v) is 11.2. The van der Waals surface area contributed by atoms with Gasteiger partial charge in [0.2, 0.25) is 0 Å². The molecule has 6 heteroatoms. The Kier molecular flexibility index (Phi) is 6.58. The van der Waals surface area contributed by atoms with Crippen molar-refractivity contribution < 1.29 is 27.0 Å². The van der Waals surface area contributed by atoms with Crippen LogP contribution in [0.15, 0.2) is 0 Å². The Morgan fingerprint density at radius 3 is 1.14 bits per heavy atom. The summed E-state index contributed by atoms with van der Waals surface area (Å²) in [6.45, 7) is 0. The first-order valence-electron chi connectivity index (χ1n) is 0.888. The average molecular weight is 356 g/mol. The fourth-order valence-electron chi connectivity index (χ4n) is 0.0357. The van der Waals surface area contributed by atoms with Gasteiger partial charge in [0.1, 0.15) is 0 Å². The van der Waals surface area contributed by atoms with Crippen molar-refractivity contribution in [1.82, 2.24) is 0 Å². The normalized spacial score (nSPS) is 12.6. The van der Waals surface area contributed by atoms with Crippen LogP contribution in [0.4, 0.5) is 0 Å². The van der Waals surface area contributed by atoms with Crippen molar-refractivity contribution in [1.29, 1.82) is 0 Å². The van der Waals surface area contributed by atoms with Crippen LogP contribution in [0.3, 0.4) is 0 Å². The molecule has 0 unspecified atom stereocenters. The molecule has 0 fully saturated rings. The first-order valence-corrected chi connectivity index (χ1v) is 11.6. The minimum atomic E-state index is -1.77. The van der Waals surface area contributed by atoms with E-state index in [0.29, 0.717) is 0 Å². The molecule has 0 radical (unpaired) electrons. The van der Waals surface area contributed by atoms with Gasteiger partial charge in [-0.15, -0.1) is 0 Å². The number of halogens is 4. The third-order valence-electron chi connectivity index (χ3n) is 0.0945. The van der Waals surface area contributed by atoms with Crippen LogP contribution in [-0.2, 0) is 27.0 Å². The molecule has 0 rings (SSSR count). The summed E-state index contributed by atoms with van der Waals surface area (Å²) in [5, 5.41) is 0. The van der Waals surface area contributed by atoms with E-state index in [9.17, 15) is 0 Å². The Labute approximate surface area is 67.7 Å². The summed E-state index contributed by atoms with van der Waals surface area (Å²) in [5.74, 6) is 0. The monoisotopic (exact) mass is 356 g/mol. The molecule has 0 nitrogen and oxygen atoms in total. The quantitative estimate of drug-likeness (QED) is 0.586. The van der Waals surface area contributed by atoms with Gasteiger partial charge in [0.05, 0.1) is 0 Å². The summed E-state index contributed by atoms with van der Waals surface area (Å²) in [6.07, 6.45) is 0. The van der Waals surface area contributed by atoms with E-state index >= 15 is 0 Å². The van der Waals surface area contributed by atoms with E-state index in [1.165, 1.54) is 0 Å². The molecule has 0 amide bonds. The average Bonchev–Trinajstić information content (AvgIpc) is 1.27. The summed E-state index contributed by atoms with van der Waals surface area (Å²) >= 11 is -3.54. The van der Waals surface area contributed by atoms with E-state index < -0.39 is 27.0 Å². The zero-order valence-electron chi connectivity index (χ0n) is 2.72. The molecular weight excluding hydrogens is 356 g/mol. The van der Waals surface area contributed by atoms with Gasteiger partial charge in [-0.05, 0) is 0 Å². The summed E-state index contributed by atoms with van der Waals surface area (Å²) in [6, 6.07) is 0. The molecule has 0 saturated heterocycles. The third-order valence-corrected chi connectivity index (χ3v) is 9.92. The Bertz CT molecular complexity index is 102. The van der Waals surface area contributed by atoms with Crippen molar-refractivity contribution >= 4 is 41.6 Å². The molecular formula is CCl4Ru2. The second kappa shape index (κ2) is 5.01. The molecule has 0 aliphatic heterocycles. The molecule has 0 aromatic heterocycles. The zero-order valence-corrected chi connectivity index (χ0v) is 9.22. The van der Waals surface area contributed by atoms with Crippen molar-refractivity contribution in [2.75, 3.05) is 0 Å². The van der Waals surface area contributed by atoms with Crippen molar-refractivity contribution in [2.24, 2.45) is 0 Å². The van der Waals surface area contributed by atoms with Gasteiger partial charge in [-0.1, -0.05) is 0 Å². The maximum atomic E-state index is 5.34. The summed E-state index contributed by atoms with van der Waals surface area (Å²) in [7, 11) is 21.3. The predicted octanol–water partition coefficient (Wildman–Crippen LogP) is 2.47.